The zero-order valence-corrected chi connectivity index (χ0v) is 8.97. The molecule has 7 heteroatoms. The van der Waals surface area contributed by atoms with E-state index in [2.05, 4.69) is 5.10 Å². The lowest BCUT2D eigenvalue weighted by Crippen LogP contribution is -2.18. The van der Waals surface area contributed by atoms with Gasteiger partial charge in [0.05, 0.1) is 0 Å². The predicted molar refractivity (Wildman–Crippen MR) is 53.0 cm³/mol. The third-order valence-corrected chi connectivity index (χ3v) is 2.65. The second kappa shape index (κ2) is 4.79. The van der Waals surface area contributed by atoms with Crippen molar-refractivity contribution in [2.45, 2.75) is 31.9 Å². The molecule has 1 aliphatic rings. The monoisotopic (exact) mass is 246 g/mol. The van der Waals surface area contributed by atoms with E-state index in [0.717, 1.165) is 19.0 Å². The van der Waals surface area contributed by atoms with Crippen molar-refractivity contribution in [2.24, 2.45) is 0 Å². The Hall–Kier alpha value is -1.50. The first kappa shape index (κ1) is 12.0. The van der Waals surface area contributed by atoms with Gasteiger partial charge in [-0.15, -0.1) is 0 Å². The van der Waals surface area contributed by atoms with Gasteiger partial charge >= 0.3 is 5.97 Å². The number of carbonyl (C=O) groups is 1. The quantitative estimate of drug-likeness (QED) is 0.888. The van der Waals surface area contributed by atoms with Crippen LogP contribution in [0.25, 0.3) is 0 Å². The summed E-state index contributed by atoms with van der Waals surface area (Å²) in [6.45, 7) is 0.539. The van der Waals surface area contributed by atoms with E-state index in [0.29, 0.717) is 13.0 Å². The van der Waals surface area contributed by atoms with Crippen molar-refractivity contribution in [3.05, 3.63) is 17.5 Å². The lowest BCUT2D eigenvalue weighted by atomic mass is 10.2. The average molecular weight is 246 g/mol. The fourth-order valence-electron chi connectivity index (χ4n) is 1.81. The van der Waals surface area contributed by atoms with Gasteiger partial charge in [-0.1, -0.05) is 0 Å². The number of alkyl halides is 2. The van der Waals surface area contributed by atoms with Crippen molar-refractivity contribution in [3.8, 4) is 0 Å². The molecule has 0 spiro atoms. The maximum absolute atomic E-state index is 12.6. The Balaban J connectivity index is 2.29. The molecule has 0 bridgehead atoms. The SMILES string of the molecule is O=C(O)c1cn(C2CCCCO2)nc1C(F)F. The zero-order chi connectivity index (χ0) is 12.4. The fourth-order valence-corrected chi connectivity index (χ4v) is 1.81. The molecule has 2 rings (SSSR count). The van der Waals surface area contributed by atoms with Gasteiger partial charge in [0.2, 0.25) is 0 Å². The molecular weight excluding hydrogens is 234 g/mol. The molecule has 5 nitrogen and oxygen atoms in total. The molecule has 0 amide bonds. The molecule has 1 atom stereocenters. The molecule has 1 aromatic heterocycles. The van der Waals surface area contributed by atoms with Crippen molar-refractivity contribution < 1.29 is 23.4 Å². The highest BCUT2D eigenvalue weighted by Gasteiger charge is 2.26. The minimum Gasteiger partial charge on any atom is -0.478 e. The second-order valence-electron chi connectivity index (χ2n) is 3.84. The van der Waals surface area contributed by atoms with E-state index in [9.17, 15) is 13.6 Å². The Bertz CT molecular complexity index is 414. The van der Waals surface area contributed by atoms with Gasteiger partial charge in [0.1, 0.15) is 17.5 Å². The third-order valence-electron chi connectivity index (χ3n) is 2.65. The smallest absolute Gasteiger partial charge is 0.339 e. The van der Waals surface area contributed by atoms with Crippen molar-refractivity contribution in [1.29, 1.82) is 0 Å². The van der Waals surface area contributed by atoms with Crippen LogP contribution in [0, 0.1) is 0 Å². The molecule has 1 unspecified atom stereocenters. The number of halogens is 2. The van der Waals surface area contributed by atoms with Gasteiger partial charge in [0.25, 0.3) is 6.43 Å². The Morgan fingerprint density at radius 2 is 2.35 bits per heavy atom. The van der Waals surface area contributed by atoms with Crippen LogP contribution < -0.4 is 0 Å². The molecule has 1 saturated heterocycles. The third kappa shape index (κ3) is 2.44. The first-order valence-electron chi connectivity index (χ1n) is 5.31. The van der Waals surface area contributed by atoms with Gasteiger partial charge in [-0.2, -0.15) is 5.10 Å². The Labute approximate surface area is 96.0 Å². The van der Waals surface area contributed by atoms with Crippen LogP contribution in [0.5, 0.6) is 0 Å². The number of hydrogen-bond donors (Lipinski definition) is 1. The van der Waals surface area contributed by atoms with E-state index in [1.165, 1.54) is 4.68 Å². The van der Waals surface area contributed by atoms with E-state index in [1.54, 1.807) is 0 Å². The summed E-state index contributed by atoms with van der Waals surface area (Å²) in [6, 6.07) is 0. The number of carboxylic acid groups (broad SMARTS) is 1. The maximum atomic E-state index is 12.6. The van der Waals surface area contributed by atoms with Crippen LogP contribution in [0.4, 0.5) is 8.78 Å². The van der Waals surface area contributed by atoms with Gasteiger partial charge in [-0.05, 0) is 19.3 Å². The summed E-state index contributed by atoms with van der Waals surface area (Å²) in [5.74, 6) is -1.40. The lowest BCUT2D eigenvalue weighted by molar-refractivity contribution is -0.0402. The highest BCUT2D eigenvalue weighted by atomic mass is 19.3. The van der Waals surface area contributed by atoms with E-state index >= 15 is 0 Å². The predicted octanol–water partition coefficient (Wildman–Crippen LogP) is 2.22. The highest BCUT2D eigenvalue weighted by Crippen LogP contribution is 2.26. The van der Waals surface area contributed by atoms with Crippen molar-refractivity contribution >= 4 is 5.97 Å². The van der Waals surface area contributed by atoms with E-state index < -0.39 is 29.9 Å². The number of nitrogens with zero attached hydrogens (tertiary/aromatic N) is 2. The van der Waals surface area contributed by atoms with Gasteiger partial charge in [0.15, 0.2) is 0 Å². The van der Waals surface area contributed by atoms with Crippen LogP contribution >= 0.6 is 0 Å². The first-order valence-corrected chi connectivity index (χ1v) is 5.31. The summed E-state index contributed by atoms with van der Waals surface area (Å²) in [7, 11) is 0. The standard InChI is InChI=1S/C10H12F2N2O3/c11-9(12)8-6(10(15)16)5-14(13-8)7-3-1-2-4-17-7/h5,7,9H,1-4H2,(H,15,16). The summed E-state index contributed by atoms with van der Waals surface area (Å²) >= 11 is 0. The lowest BCUT2D eigenvalue weighted by Gasteiger charge is -2.22. The van der Waals surface area contributed by atoms with Crippen LogP contribution in [0.15, 0.2) is 6.20 Å². The maximum Gasteiger partial charge on any atom is 0.339 e. The molecule has 0 radical (unpaired) electrons. The molecule has 94 valence electrons. The number of aromatic carboxylic acids is 1. The molecule has 0 aliphatic carbocycles. The van der Waals surface area contributed by atoms with Crippen LogP contribution in [-0.4, -0.2) is 27.5 Å². The number of aromatic nitrogens is 2. The van der Waals surface area contributed by atoms with Crippen molar-refractivity contribution in [3.63, 3.8) is 0 Å². The van der Waals surface area contributed by atoms with Gasteiger partial charge in [-0.3, -0.25) is 0 Å². The zero-order valence-electron chi connectivity index (χ0n) is 8.97. The summed E-state index contributed by atoms with van der Waals surface area (Å²) in [5, 5.41) is 12.4. The number of rotatable bonds is 3. The molecule has 1 aromatic rings. The molecule has 0 saturated carbocycles. The van der Waals surface area contributed by atoms with Crippen LogP contribution in [0.2, 0.25) is 0 Å². The van der Waals surface area contributed by atoms with Crippen molar-refractivity contribution in [2.75, 3.05) is 6.61 Å². The van der Waals surface area contributed by atoms with Gasteiger partial charge in [-0.25, -0.2) is 18.3 Å². The topological polar surface area (TPSA) is 64.3 Å². The minimum absolute atomic E-state index is 0.436. The molecule has 2 heterocycles. The Morgan fingerprint density at radius 1 is 1.59 bits per heavy atom. The average Bonchev–Trinajstić information content (AvgIpc) is 2.75. The number of hydrogen-bond acceptors (Lipinski definition) is 3. The molecule has 17 heavy (non-hydrogen) atoms. The molecule has 0 aromatic carbocycles. The van der Waals surface area contributed by atoms with Crippen molar-refractivity contribution in [1.82, 2.24) is 9.78 Å². The summed E-state index contributed by atoms with van der Waals surface area (Å²) < 4.78 is 31.7. The van der Waals surface area contributed by atoms with E-state index in [-0.39, 0.29) is 0 Å². The van der Waals surface area contributed by atoms with Gasteiger partial charge < -0.3 is 9.84 Å². The summed E-state index contributed by atoms with van der Waals surface area (Å²) in [4.78, 5) is 10.8. The Kier molecular flexibility index (Phi) is 3.37. The molecule has 1 N–H and O–H groups in total. The molecular formula is C10H12F2N2O3. The van der Waals surface area contributed by atoms with Crippen LogP contribution in [0.1, 0.15) is 48.0 Å². The fraction of sp³-hybridized carbons (Fsp3) is 0.600. The first-order chi connectivity index (χ1) is 8.09. The number of ether oxygens (including phenoxy) is 1. The second-order valence-corrected chi connectivity index (χ2v) is 3.84. The van der Waals surface area contributed by atoms with E-state index in [1.807, 2.05) is 0 Å². The number of carboxylic acids is 1. The normalized spacial score (nSPS) is 20.8. The highest BCUT2D eigenvalue weighted by molar-refractivity contribution is 5.88. The minimum atomic E-state index is -2.90. The van der Waals surface area contributed by atoms with Crippen LogP contribution in [0.3, 0.4) is 0 Å². The van der Waals surface area contributed by atoms with E-state index in [4.69, 9.17) is 9.84 Å². The molecule has 1 aliphatic heterocycles. The summed E-state index contributed by atoms with van der Waals surface area (Å²) in [5.41, 5.74) is -1.17. The Morgan fingerprint density at radius 3 is 2.82 bits per heavy atom. The van der Waals surface area contributed by atoms with Gasteiger partial charge in [0, 0.05) is 12.8 Å². The largest absolute Gasteiger partial charge is 0.478 e. The summed E-state index contributed by atoms with van der Waals surface area (Å²) in [6.07, 6.45) is 0.270. The molecule has 1 fully saturated rings. The van der Waals surface area contributed by atoms with Crippen LogP contribution in [-0.2, 0) is 4.74 Å².